The van der Waals surface area contributed by atoms with Crippen LogP contribution in [0.25, 0.3) is 0 Å². The van der Waals surface area contributed by atoms with E-state index in [9.17, 15) is 13.6 Å². The standard InChI is InChI=1S/C17H14BrF2NO/c18-16-9-13(20)5-8-15(16)17(22)21(14-6-7-14)10-11-1-3-12(19)4-2-11/h1-5,8-9,14H,6-7,10H2. The molecule has 0 aromatic heterocycles. The van der Waals surface area contributed by atoms with Crippen molar-refractivity contribution in [2.75, 3.05) is 0 Å². The van der Waals surface area contributed by atoms with E-state index >= 15 is 0 Å². The van der Waals surface area contributed by atoms with E-state index in [-0.39, 0.29) is 23.6 Å². The van der Waals surface area contributed by atoms with Crippen LogP contribution in [0.5, 0.6) is 0 Å². The summed E-state index contributed by atoms with van der Waals surface area (Å²) >= 11 is 3.24. The molecule has 0 saturated heterocycles. The fourth-order valence-electron chi connectivity index (χ4n) is 2.36. The zero-order valence-electron chi connectivity index (χ0n) is 11.7. The molecule has 1 aliphatic rings. The highest BCUT2D eigenvalue weighted by atomic mass is 79.9. The minimum atomic E-state index is -0.389. The maximum absolute atomic E-state index is 13.2. The molecule has 0 bridgehead atoms. The first-order chi connectivity index (χ1) is 10.5. The monoisotopic (exact) mass is 365 g/mol. The van der Waals surface area contributed by atoms with E-state index in [1.807, 2.05) is 0 Å². The quantitative estimate of drug-likeness (QED) is 0.779. The lowest BCUT2D eigenvalue weighted by Gasteiger charge is -2.23. The van der Waals surface area contributed by atoms with Gasteiger partial charge in [-0.3, -0.25) is 4.79 Å². The van der Waals surface area contributed by atoms with Crippen LogP contribution in [0.3, 0.4) is 0 Å². The maximum atomic E-state index is 13.2. The SMILES string of the molecule is O=C(c1ccc(F)cc1Br)N(Cc1ccc(F)cc1)C1CC1. The number of carbonyl (C=O) groups is 1. The van der Waals surface area contributed by atoms with Gasteiger partial charge in [-0.15, -0.1) is 0 Å². The molecule has 0 heterocycles. The molecule has 0 spiro atoms. The zero-order chi connectivity index (χ0) is 15.7. The molecule has 0 N–H and O–H groups in total. The molecule has 114 valence electrons. The van der Waals surface area contributed by atoms with Crippen LogP contribution in [0.4, 0.5) is 8.78 Å². The third-order valence-electron chi connectivity index (χ3n) is 3.68. The fraction of sp³-hybridized carbons (Fsp3) is 0.235. The lowest BCUT2D eigenvalue weighted by atomic mass is 10.1. The van der Waals surface area contributed by atoms with Gasteiger partial charge in [0.05, 0.1) is 5.56 Å². The fourth-order valence-corrected chi connectivity index (χ4v) is 2.88. The molecule has 1 amide bonds. The molecule has 2 aromatic carbocycles. The van der Waals surface area contributed by atoms with E-state index in [1.54, 1.807) is 17.0 Å². The van der Waals surface area contributed by atoms with Gasteiger partial charge in [-0.25, -0.2) is 8.78 Å². The zero-order valence-corrected chi connectivity index (χ0v) is 13.3. The number of hydrogen-bond acceptors (Lipinski definition) is 1. The minimum absolute atomic E-state index is 0.140. The Morgan fingerprint density at radius 2 is 1.73 bits per heavy atom. The van der Waals surface area contributed by atoms with E-state index in [0.717, 1.165) is 18.4 Å². The third-order valence-corrected chi connectivity index (χ3v) is 4.33. The Labute approximate surface area is 135 Å². The van der Waals surface area contributed by atoms with Crippen LogP contribution in [0.15, 0.2) is 46.9 Å². The number of rotatable bonds is 4. The first kappa shape index (κ1) is 15.2. The van der Waals surface area contributed by atoms with Gasteiger partial charge in [-0.1, -0.05) is 12.1 Å². The van der Waals surface area contributed by atoms with Gasteiger partial charge in [0.2, 0.25) is 0 Å². The van der Waals surface area contributed by atoms with Crippen LogP contribution < -0.4 is 0 Å². The smallest absolute Gasteiger partial charge is 0.255 e. The Morgan fingerprint density at radius 3 is 2.32 bits per heavy atom. The highest BCUT2D eigenvalue weighted by molar-refractivity contribution is 9.10. The van der Waals surface area contributed by atoms with E-state index in [1.165, 1.54) is 30.3 Å². The molecule has 2 aromatic rings. The summed E-state index contributed by atoms with van der Waals surface area (Å²) in [6.07, 6.45) is 1.93. The van der Waals surface area contributed by atoms with E-state index in [0.29, 0.717) is 16.6 Å². The van der Waals surface area contributed by atoms with Crippen molar-refractivity contribution in [2.24, 2.45) is 0 Å². The summed E-state index contributed by atoms with van der Waals surface area (Å²) in [5.74, 6) is -0.826. The van der Waals surface area contributed by atoms with Gasteiger partial charge in [0.15, 0.2) is 0 Å². The number of carbonyl (C=O) groups excluding carboxylic acids is 1. The molecular weight excluding hydrogens is 352 g/mol. The molecule has 0 radical (unpaired) electrons. The van der Waals surface area contributed by atoms with Crippen molar-refractivity contribution in [1.82, 2.24) is 4.90 Å². The molecule has 3 rings (SSSR count). The third kappa shape index (κ3) is 3.35. The lowest BCUT2D eigenvalue weighted by molar-refractivity contribution is 0.0729. The molecule has 5 heteroatoms. The van der Waals surface area contributed by atoms with Crippen molar-refractivity contribution < 1.29 is 13.6 Å². The predicted octanol–water partition coefficient (Wildman–Crippen LogP) is 4.53. The summed E-state index contributed by atoms with van der Waals surface area (Å²) in [5.41, 5.74) is 1.32. The highest BCUT2D eigenvalue weighted by Gasteiger charge is 2.33. The minimum Gasteiger partial charge on any atom is -0.331 e. The normalized spacial score (nSPS) is 14.0. The van der Waals surface area contributed by atoms with Gasteiger partial charge >= 0.3 is 0 Å². The van der Waals surface area contributed by atoms with Crippen molar-refractivity contribution in [2.45, 2.75) is 25.4 Å². The lowest BCUT2D eigenvalue weighted by Crippen LogP contribution is -2.32. The number of halogens is 3. The van der Waals surface area contributed by atoms with Crippen molar-refractivity contribution >= 4 is 21.8 Å². The Hall–Kier alpha value is -1.75. The predicted molar refractivity (Wildman–Crippen MR) is 83.4 cm³/mol. The first-order valence-electron chi connectivity index (χ1n) is 7.05. The molecule has 0 aliphatic heterocycles. The van der Waals surface area contributed by atoms with Crippen LogP contribution in [0.1, 0.15) is 28.8 Å². The summed E-state index contributed by atoms with van der Waals surface area (Å²) in [4.78, 5) is 14.5. The van der Waals surface area contributed by atoms with Crippen molar-refractivity contribution in [3.05, 3.63) is 69.7 Å². The summed E-state index contributed by atoms with van der Waals surface area (Å²) in [5, 5.41) is 0. The Bertz CT molecular complexity index is 698. The van der Waals surface area contributed by atoms with E-state index < -0.39 is 0 Å². The van der Waals surface area contributed by atoms with Gasteiger partial charge < -0.3 is 4.90 Å². The number of benzene rings is 2. The second kappa shape index (κ2) is 6.16. The van der Waals surface area contributed by atoms with Crippen LogP contribution in [-0.4, -0.2) is 16.8 Å². The summed E-state index contributed by atoms with van der Waals surface area (Å²) in [7, 11) is 0. The molecule has 0 atom stereocenters. The van der Waals surface area contributed by atoms with E-state index in [4.69, 9.17) is 0 Å². The molecular formula is C17H14BrF2NO. The summed E-state index contributed by atoms with van der Waals surface area (Å²) < 4.78 is 26.6. The Morgan fingerprint density at radius 1 is 1.09 bits per heavy atom. The molecule has 0 unspecified atom stereocenters. The summed E-state index contributed by atoms with van der Waals surface area (Å²) in [6.45, 7) is 0.424. The van der Waals surface area contributed by atoms with Crippen LogP contribution in [-0.2, 0) is 6.54 Å². The second-order valence-corrected chi connectivity index (χ2v) is 6.27. The van der Waals surface area contributed by atoms with Crippen molar-refractivity contribution in [3.8, 4) is 0 Å². The van der Waals surface area contributed by atoms with Gasteiger partial charge in [0.1, 0.15) is 11.6 Å². The number of nitrogens with zero attached hydrogens (tertiary/aromatic N) is 1. The topological polar surface area (TPSA) is 20.3 Å². The second-order valence-electron chi connectivity index (χ2n) is 5.41. The highest BCUT2D eigenvalue weighted by Crippen LogP contribution is 2.31. The Kier molecular flexibility index (Phi) is 4.25. The summed E-state index contributed by atoms with van der Waals surface area (Å²) in [6, 6.07) is 10.4. The van der Waals surface area contributed by atoms with Crippen molar-refractivity contribution in [3.63, 3.8) is 0 Å². The van der Waals surface area contributed by atoms with Gasteiger partial charge in [0, 0.05) is 17.1 Å². The molecule has 1 aliphatic carbocycles. The number of hydrogen-bond donors (Lipinski definition) is 0. The molecule has 1 fully saturated rings. The maximum Gasteiger partial charge on any atom is 0.255 e. The van der Waals surface area contributed by atoms with E-state index in [2.05, 4.69) is 15.9 Å². The first-order valence-corrected chi connectivity index (χ1v) is 7.84. The Balaban J connectivity index is 1.84. The molecule has 22 heavy (non-hydrogen) atoms. The average Bonchev–Trinajstić information content (AvgIpc) is 3.30. The van der Waals surface area contributed by atoms with Crippen molar-refractivity contribution in [1.29, 1.82) is 0 Å². The average molecular weight is 366 g/mol. The van der Waals surface area contributed by atoms with Crippen LogP contribution in [0, 0.1) is 11.6 Å². The van der Waals surface area contributed by atoms with Gasteiger partial charge in [0.25, 0.3) is 5.91 Å². The van der Waals surface area contributed by atoms with Gasteiger partial charge in [-0.05, 0) is 64.7 Å². The number of amides is 1. The van der Waals surface area contributed by atoms with Crippen LogP contribution >= 0.6 is 15.9 Å². The van der Waals surface area contributed by atoms with Crippen LogP contribution in [0.2, 0.25) is 0 Å². The molecule has 2 nitrogen and oxygen atoms in total. The molecule has 1 saturated carbocycles. The van der Waals surface area contributed by atoms with Gasteiger partial charge in [-0.2, -0.15) is 0 Å². The largest absolute Gasteiger partial charge is 0.331 e.